The Kier molecular flexibility index (Phi) is 3.56. The number of nitrogens with zero attached hydrogens (tertiary/aromatic N) is 1. The molecule has 0 N–H and O–H groups in total. The summed E-state index contributed by atoms with van der Waals surface area (Å²) in [6.45, 7) is 1.03. The Morgan fingerprint density at radius 2 is 1.74 bits per heavy atom. The number of aromatic nitrogens is 1. The van der Waals surface area contributed by atoms with E-state index < -0.39 is 0 Å². The van der Waals surface area contributed by atoms with E-state index in [1.54, 1.807) is 0 Å². The topological polar surface area (TPSA) is 4.93 Å². The van der Waals surface area contributed by atoms with Crippen LogP contribution in [0, 0.1) is 0 Å². The van der Waals surface area contributed by atoms with Crippen LogP contribution in [0.25, 0.3) is 10.9 Å². The molecule has 1 nitrogen and oxygen atoms in total. The average molecular weight is 270 g/mol. The van der Waals surface area contributed by atoms with Gasteiger partial charge in [-0.25, -0.2) is 0 Å². The Morgan fingerprint density at radius 1 is 0.895 bits per heavy atom. The van der Waals surface area contributed by atoms with Crippen molar-refractivity contribution in [3.05, 3.63) is 71.4 Å². The van der Waals surface area contributed by atoms with Gasteiger partial charge in [-0.3, -0.25) is 0 Å². The van der Waals surface area contributed by atoms with Gasteiger partial charge in [0, 0.05) is 28.7 Å². The molecule has 0 atom stereocenters. The third-order valence-electron chi connectivity index (χ3n) is 3.47. The van der Waals surface area contributed by atoms with Gasteiger partial charge in [-0.15, -0.1) is 0 Å². The summed E-state index contributed by atoms with van der Waals surface area (Å²) in [7, 11) is 0. The molecule has 0 aliphatic rings. The Hall–Kier alpha value is -1.73. The van der Waals surface area contributed by atoms with Crippen molar-refractivity contribution in [3.8, 4) is 0 Å². The summed E-state index contributed by atoms with van der Waals surface area (Å²) < 4.78 is 2.28. The lowest BCUT2D eigenvalue weighted by Gasteiger charge is -2.06. The van der Waals surface area contributed by atoms with Gasteiger partial charge in [-0.2, -0.15) is 0 Å². The summed E-state index contributed by atoms with van der Waals surface area (Å²) in [5, 5.41) is 1.98. The first-order valence-corrected chi connectivity index (χ1v) is 7.00. The highest BCUT2D eigenvalue weighted by Gasteiger charge is 2.03. The Bertz CT molecular complexity index is 670. The third kappa shape index (κ3) is 2.66. The molecule has 2 heteroatoms. The molecule has 0 unspecified atom stereocenters. The molecular formula is C17H16ClN. The predicted molar refractivity (Wildman–Crippen MR) is 81.7 cm³/mol. The van der Waals surface area contributed by atoms with Crippen molar-refractivity contribution in [1.29, 1.82) is 0 Å². The van der Waals surface area contributed by atoms with Gasteiger partial charge in [-0.05, 0) is 36.6 Å². The fourth-order valence-corrected chi connectivity index (χ4v) is 2.71. The first kappa shape index (κ1) is 12.3. The SMILES string of the molecule is Clc1cccc2c1ccn2CCCc1ccccc1. The normalized spacial score (nSPS) is 11.0. The lowest BCUT2D eigenvalue weighted by atomic mass is 10.1. The number of halogens is 1. The van der Waals surface area contributed by atoms with E-state index in [9.17, 15) is 0 Å². The van der Waals surface area contributed by atoms with E-state index in [-0.39, 0.29) is 0 Å². The zero-order valence-electron chi connectivity index (χ0n) is 10.7. The zero-order valence-corrected chi connectivity index (χ0v) is 11.5. The second-order valence-corrected chi connectivity index (χ2v) is 5.18. The second-order valence-electron chi connectivity index (χ2n) is 4.77. The second kappa shape index (κ2) is 5.50. The molecule has 96 valence electrons. The van der Waals surface area contributed by atoms with Crippen molar-refractivity contribution >= 4 is 22.5 Å². The Morgan fingerprint density at radius 3 is 2.58 bits per heavy atom. The van der Waals surface area contributed by atoms with E-state index in [2.05, 4.69) is 53.2 Å². The molecule has 0 aliphatic carbocycles. The maximum absolute atomic E-state index is 6.19. The van der Waals surface area contributed by atoms with Crippen LogP contribution in [0.1, 0.15) is 12.0 Å². The van der Waals surface area contributed by atoms with Gasteiger partial charge in [0.15, 0.2) is 0 Å². The Balaban J connectivity index is 1.71. The molecule has 0 saturated carbocycles. The summed E-state index contributed by atoms with van der Waals surface area (Å²) in [5.74, 6) is 0. The van der Waals surface area contributed by atoms with Crippen molar-refractivity contribution in [3.63, 3.8) is 0 Å². The molecule has 2 aromatic carbocycles. The number of hydrogen-bond acceptors (Lipinski definition) is 0. The number of rotatable bonds is 4. The van der Waals surface area contributed by atoms with Crippen LogP contribution in [0.3, 0.4) is 0 Å². The molecule has 0 aliphatic heterocycles. The van der Waals surface area contributed by atoms with E-state index in [1.165, 1.54) is 11.1 Å². The van der Waals surface area contributed by atoms with Crippen LogP contribution in [-0.4, -0.2) is 4.57 Å². The van der Waals surface area contributed by atoms with Gasteiger partial charge < -0.3 is 4.57 Å². The van der Waals surface area contributed by atoms with Gasteiger partial charge in [0.05, 0.1) is 0 Å². The van der Waals surface area contributed by atoms with Crippen molar-refractivity contribution in [2.24, 2.45) is 0 Å². The highest BCUT2D eigenvalue weighted by atomic mass is 35.5. The molecule has 1 aromatic heterocycles. The van der Waals surface area contributed by atoms with Crippen molar-refractivity contribution in [2.45, 2.75) is 19.4 Å². The highest BCUT2D eigenvalue weighted by molar-refractivity contribution is 6.35. The van der Waals surface area contributed by atoms with E-state index in [1.807, 2.05) is 12.1 Å². The number of hydrogen-bond donors (Lipinski definition) is 0. The quantitative estimate of drug-likeness (QED) is 0.633. The van der Waals surface area contributed by atoms with Crippen LogP contribution in [0.2, 0.25) is 5.02 Å². The molecular weight excluding hydrogens is 254 g/mol. The smallest absolute Gasteiger partial charge is 0.0499 e. The van der Waals surface area contributed by atoms with Gasteiger partial charge in [0.2, 0.25) is 0 Å². The van der Waals surface area contributed by atoms with Gasteiger partial charge >= 0.3 is 0 Å². The molecule has 3 aromatic rings. The molecule has 0 radical (unpaired) electrons. The highest BCUT2D eigenvalue weighted by Crippen LogP contribution is 2.24. The molecule has 3 rings (SSSR count). The van der Waals surface area contributed by atoms with Crippen LogP contribution in [0.5, 0.6) is 0 Å². The first-order valence-electron chi connectivity index (χ1n) is 6.62. The van der Waals surface area contributed by atoms with E-state index in [0.717, 1.165) is 29.8 Å². The minimum absolute atomic E-state index is 0.833. The minimum Gasteiger partial charge on any atom is -0.347 e. The molecule has 0 spiro atoms. The average Bonchev–Trinajstić information content (AvgIpc) is 2.85. The minimum atomic E-state index is 0.833. The van der Waals surface area contributed by atoms with E-state index in [0.29, 0.717) is 0 Å². The van der Waals surface area contributed by atoms with Crippen LogP contribution < -0.4 is 0 Å². The maximum atomic E-state index is 6.19. The summed E-state index contributed by atoms with van der Waals surface area (Å²) >= 11 is 6.19. The van der Waals surface area contributed by atoms with Gasteiger partial charge in [-0.1, -0.05) is 48.0 Å². The standard InChI is InChI=1S/C17H16ClN/c18-16-9-4-10-17-15(16)11-13-19(17)12-5-8-14-6-2-1-3-7-14/h1-4,6-7,9-11,13H,5,8,12H2. The Labute approximate surface area is 118 Å². The molecule has 0 amide bonds. The number of benzene rings is 2. The monoisotopic (exact) mass is 269 g/mol. The molecule has 1 heterocycles. The van der Waals surface area contributed by atoms with Gasteiger partial charge in [0.25, 0.3) is 0 Å². The first-order chi connectivity index (χ1) is 9.34. The van der Waals surface area contributed by atoms with Crippen LogP contribution in [0.4, 0.5) is 0 Å². The van der Waals surface area contributed by atoms with Crippen LogP contribution in [0.15, 0.2) is 60.8 Å². The van der Waals surface area contributed by atoms with Gasteiger partial charge in [0.1, 0.15) is 0 Å². The molecule has 19 heavy (non-hydrogen) atoms. The van der Waals surface area contributed by atoms with Crippen molar-refractivity contribution in [2.75, 3.05) is 0 Å². The third-order valence-corrected chi connectivity index (χ3v) is 3.80. The van der Waals surface area contributed by atoms with Crippen LogP contribution in [-0.2, 0) is 13.0 Å². The summed E-state index contributed by atoms with van der Waals surface area (Å²) in [6.07, 6.45) is 4.38. The van der Waals surface area contributed by atoms with Crippen LogP contribution >= 0.6 is 11.6 Å². The lowest BCUT2D eigenvalue weighted by molar-refractivity contribution is 0.662. The summed E-state index contributed by atoms with van der Waals surface area (Å²) in [4.78, 5) is 0. The van der Waals surface area contributed by atoms with E-state index in [4.69, 9.17) is 11.6 Å². The predicted octanol–water partition coefficient (Wildman–Crippen LogP) is 4.93. The largest absolute Gasteiger partial charge is 0.347 e. The molecule has 0 saturated heterocycles. The zero-order chi connectivity index (χ0) is 13.1. The van der Waals surface area contributed by atoms with E-state index >= 15 is 0 Å². The summed E-state index contributed by atoms with van der Waals surface area (Å²) in [6, 6.07) is 18.8. The number of aryl methyl sites for hydroxylation is 2. The van der Waals surface area contributed by atoms with Crippen molar-refractivity contribution < 1.29 is 0 Å². The fourth-order valence-electron chi connectivity index (χ4n) is 2.48. The lowest BCUT2D eigenvalue weighted by Crippen LogP contribution is -1.97. The molecule has 0 bridgehead atoms. The van der Waals surface area contributed by atoms with Crippen molar-refractivity contribution in [1.82, 2.24) is 4.57 Å². The number of fused-ring (bicyclic) bond motifs is 1. The summed E-state index contributed by atoms with van der Waals surface area (Å²) in [5.41, 5.74) is 2.62. The molecule has 0 fully saturated rings. The maximum Gasteiger partial charge on any atom is 0.0499 e. The fraction of sp³-hybridized carbons (Fsp3) is 0.176.